The molecule has 1 aromatic carbocycles. The molecule has 1 aliphatic heterocycles. The van der Waals surface area contributed by atoms with E-state index < -0.39 is 11.6 Å². The fraction of sp³-hybridized carbons (Fsp3) is 0.500. The molecule has 2 rings (SSSR count). The van der Waals surface area contributed by atoms with Gasteiger partial charge in [-0.05, 0) is 19.0 Å². The third kappa shape index (κ3) is 3.10. The van der Waals surface area contributed by atoms with E-state index >= 15 is 0 Å². The molecular formula is C14H18F2N2O. The van der Waals surface area contributed by atoms with Crippen molar-refractivity contribution in [2.24, 2.45) is 0 Å². The van der Waals surface area contributed by atoms with Crippen LogP contribution >= 0.6 is 0 Å². The number of rotatable bonds is 5. The van der Waals surface area contributed by atoms with E-state index in [1.54, 1.807) is 11.0 Å². The van der Waals surface area contributed by atoms with E-state index in [0.29, 0.717) is 26.1 Å². The van der Waals surface area contributed by atoms with E-state index in [2.05, 4.69) is 5.32 Å². The molecule has 1 fully saturated rings. The average molecular weight is 268 g/mol. The summed E-state index contributed by atoms with van der Waals surface area (Å²) in [6.07, 6.45) is 1.38. The Labute approximate surface area is 111 Å². The highest BCUT2D eigenvalue weighted by Gasteiger charge is 2.25. The molecule has 1 amide bonds. The maximum Gasteiger partial charge on any atom is 0.222 e. The van der Waals surface area contributed by atoms with E-state index in [9.17, 15) is 13.6 Å². The molecule has 1 atom stereocenters. The van der Waals surface area contributed by atoms with Gasteiger partial charge in [-0.3, -0.25) is 4.79 Å². The number of benzene rings is 1. The summed E-state index contributed by atoms with van der Waals surface area (Å²) in [6, 6.07) is 3.78. The molecule has 5 heteroatoms. The van der Waals surface area contributed by atoms with Crippen LogP contribution in [0.1, 0.15) is 31.4 Å². The minimum absolute atomic E-state index is 0.0831. The van der Waals surface area contributed by atoms with Crippen LogP contribution in [0, 0.1) is 11.6 Å². The topological polar surface area (TPSA) is 32.3 Å². The van der Waals surface area contributed by atoms with Gasteiger partial charge in [0.2, 0.25) is 5.91 Å². The van der Waals surface area contributed by atoms with Crippen LogP contribution in [0.3, 0.4) is 0 Å². The van der Waals surface area contributed by atoms with Gasteiger partial charge < -0.3 is 10.2 Å². The van der Waals surface area contributed by atoms with Crippen molar-refractivity contribution < 1.29 is 13.6 Å². The molecule has 0 aromatic heterocycles. The Morgan fingerprint density at radius 1 is 1.42 bits per heavy atom. The molecule has 1 N–H and O–H groups in total. The van der Waals surface area contributed by atoms with Crippen LogP contribution in [0.15, 0.2) is 18.2 Å². The number of hydrogen-bond acceptors (Lipinski definition) is 2. The predicted molar refractivity (Wildman–Crippen MR) is 68.6 cm³/mol. The Hall–Kier alpha value is -1.49. The lowest BCUT2D eigenvalue weighted by Gasteiger charge is -2.25. The van der Waals surface area contributed by atoms with Crippen LogP contribution in [-0.4, -0.2) is 30.4 Å². The van der Waals surface area contributed by atoms with Gasteiger partial charge >= 0.3 is 0 Å². The Bertz CT molecular complexity index is 465. The Morgan fingerprint density at radius 2 is 2.21 bits per heavy atom. The Balaban J connectivity index is 2.19. The quantitative estimate of drug-likeness (QED) is 0.888. The molecule has 3 nitrogen and oxygen atoms in total. The van der Waals surface area contributed by atoms with E-state index in [4.69, 9.17) is 0 Å². The van der Waals surface area contributed by atoms with Crippen molar-refractivity contribution in [1.82, 2.24) is 10.2 Å². The van der Waals surface area contributed by atoms with Crippen molar-refractivity contribution in [3.8, 4) is 0 Å². The third-order valence-corrected chi connectivity index (χ3v) is 3.38. The number of hydrogen-bond donors (Lipinski definition) is 1. The number of nitrogens with one attached hydrogen (secondary N) is 1. The summed E-state index contributed by atoms with van der Waals surface area (Å²) in [5.41, 5.74) is 0.279. The molecule has 0 aliphatic carbocycles. The van der Waals surface area contributed by atoms with Crippen LogP contribution in [-0.2, 0) is 4.79 Å². The Morgan fingerprint density at radius 3 is 2.84 bits per heavy atom. The van der Waals surface area contributed by atoms with Crippen molar-refractivity contribution >= 4 is 5.91 Å². The van der Waals surface area contributed by atoms with Gasteiger partial charge in [0.1, 0.15) is 0 Å². The van der Waals surface area contributed by atoms with E-state index in [1.165, 1.54) is 6.07 Å². The third-order valence-electron chi connectivity index (χ3n) is 3.38. The minimum atomic E-state index is -0.854. The SMILES string of the molecule is CCNC(CN1CCCC1=O)c1cccc(F)c1F. The molecule has 19 heavy (non-hydrogen) atoms. The number of amides is 1. The summed E-state index contributed by atoms with van der Waals surface area (Å²) in [7, 11) is 0. The minimum Gasteiger partial charge on any atom is -0.341 e. The van der Waals surface area contributed by atoms with E-state index in [1.807, 2.05) is 6.92 Å². The number of halogens is 2. The largest absolute Gasteiger partial charge is 0.341 e. The first-order chi connectivity index (χ1) is 9.13. The molecule has 0 saturated carbocycles. The number of likely N-dealkylation sites (tertiary alicyclic amines) is 1. The summed E-state index contributed by atoms with van der Waals surface area (Å²) in [6.45, 7) is 3.60. The lowest BCUT2D eigenvalue weighted by atomic mass is 10.1. The molecule has 1 aromatic rings. The van der Waals surface area contributed by atoms with Crippen molar-refractivity contribution in [3.05, 3.63) is 35.4 Å². The number of nitrogens with zero attached hydrogens (tertiary/aromatic N) is 1. The van der Waals surface area contributed by atoms with Crippen molar-refractivity contribution in [1.29, 1.82) is 0 Å². The summed E-state index contributed by atoms with van der Waals surface area (Å²) in [5, 5.41) is 3.11. The first-order valence-electron chi connectivity index (χ1n) is 6.58. The average Bonchev–Trinajstić information content (AvgIpc) is 2.78. The second-order valence-corrected chi connectivity index (χ2v) is 4.70. The van der Waals surface area contributed by atoms with Crippen LogP contribution in [0.5, 0.6) is 0 Å². The molecule has 0 spiro atoms. The van der Waals surface area contributed by atoms with Gasteiger partial charge in [0.05, 0.1) is 6.04 Å². The monoisotopic (exact) mass is 268 g/mol. The van der Waals surface area contributed by atoms with Crippen LogP contribution in [0.25, 0.3) is 0 Å². The maximum atomic E-state index is 13.8. The first kappa shape index (κ1) is 13.9. The molecular weight excluding hydrogens is 250 g/mol. The molecule has 1 unspecified atom stereocenters. The lowest BCUT2D eigenvalue weighted by molar-refractivity contribution is -0.128. The van der Waals surface area contributed by atoms with Gasteiger partial charge in [-0.25, -0.2) is 8.78 Å². The molecule has 104 valence electrons. The van der Waals surface area contributed by atoms with Crippen molar-refractivity contribution in [2.45, 2.75) is 25.8 Å². The van der Waals surface area contributed by atoms with E-state index in [-0.39, 0.29) is 17.5 Å². The number of carbonyl (C=O) groups excluding carboxylic acids is 1. The fourth-order valence-electron chi connectivity index (χ4n) is 2.43. The van der Waals surface area contributed by atoms with Gasteiger partial charge in [0.25, 0.3) is 0 Å². The van der Waals surface area contributed by atoms with Gasteiger partial charge in [-0.2, -0.15) is 0 Å². The molecule has 1 saturated heterocycles. The summed E-state index contributed by atoms with van der Waals surface area (Å²) < 4.78 is 27.1. The van der Waals surface area contributed by atoms with Crippen molar-refractivity contribution in [3.63, 3.8) is 0 Å². The van der Waals surface area contributed by atoms with Gasteiger partial charge in [0, 0.05) is 25.1 Å². The zero-order valence-corrected chi connectivity index (χ0v) is 11.0. The standard InChI is InChI=1S/C14H18F2N2O/c1-2-17-12(9-18-8-4-7-13(18)19)10-5-3-6-11(15)14(10)16/h3,5-6,12,17H,2,4,7-9H2,1H3. The highest BCUT2D eigenvalue weighted by atomic mass is 19.2. The number of carbonyl (C=O) groups is 1. The van der Waals surface area contributed by atoms with Crippen LogP contribution in [0.2, 0.25) is 0 Å². The van der Waals surface area contributed by atoms with Gasteiger partial charge in [0.15, 0.2) is 11.6 Å². The molecule has 1 aliphatic rings. The molecule has 0 bridgehead atoms. The second kappa shape index (κ2) is 6.10. The van der Waals surface area contributed by atoms with Crippen LogP contribution < -0.4 is 5.32 Å². The normalized spacial score (nSPS) is 17.0. The smallest absolute Gasteiger partial charge is 0.222 e. The highest BCUT2D eigenvalue weighted by molar-refractivity contribution is 5.78. The fourth-order valence-corrected chi connectivity index (χ4v) is 2.43. The van der Waals surface area contributed by atoms with Gasteiger partial charge in [-0.1, -0.05) is 19.1 Å². The van der Waals surface area contributed by atoms with Crippen molar-refractivity contribution in [2.75, 3.05) is 19.6 Å². The van der Waals surface area contributed by atoms with E-state index in [0.717, 1.165) is 12.5 Å². The summed E-state index contributed by atoms with van der Waals surface area (Å²) in [4.78, 5) is 13.3. The summed E-state index contributed by atoms with van der Waals surface area (Å²) in [5.74, 6) is -1.60. The maximum absolute atomic E-state index is 13.8. The zero-order valence-electron chi connectivity index (χ0n) is 11.0. The number of likely N-dealkylation sites (N-methyl/N-ethyl adjacent to an activating group) is 1. The predicted octanol–water partition coefficient (Wildman–Crippen LogP) is 2.24. The molecule has 1 heterocycles. The summed E-state index contributed by atoms with van der Waals surface area (Å²) >= 11 is 0. The highest BCUT2D eigenvalue weighted by Crippen LogP contribution is 2.22. The zero-order chi connectivity index (χ0) is 13.8. The Kier molecular flexibility index (Phi) is 4.47. The van der Waals surface area contributed by atoms with Gasteiger partial charge in [-0.15, -0.1) is 0 Å². The first-order valence-corrected chi connectivity index (χ1v) is 6.58. The lowest BCUT2D eigenvalue weighted by Crippen LogP contribution is -2.36. The molecule has 0 radical (unpaired) electrons. The second-order valence-electron chi connectivity index (χ2n) is 4.70. The van der Waals surface area contributed by atoms with Crippen LogP contribution in [0.4, 0.5) is 8.78 Å².